The maximum Gasteiger partial charge on any atom is 0.303 e. The predicted octanol–water partition coefficient (Wildman–Crippen LogP) is 1.51. The Morgan fingerprint density at radius 2 is 2.25 bits per heavy atom. The Kier molecular flexibility index (Phi) is 5.57. The smallest absolute Gasteiger partial charge is 0.303 e. The molecule has 0 fully saturated rings. The van der Waals surface area contributed by atoms with E-state index in [0.717, 1.165) is 0 Å². The Hall–Kier alpha value is -1.41. The van der Waals surface area contributed by atoms with E-state index in [1.54, 1.807) is 6.92 Å². The zero-order chi connectivity index (χ0) is 9.40. The maximum absolute atomic E-state index is 10.3. The van der Waals surface area contributed by atoms with Crippen LogP contribution < -0.4 is 0 Å². The molecule has 0 aliphatic rings. The van der Waals surface area contributed by atoms with E-state index >= 15 is 0 Å². The molecule has 12 heavy (non-hydrogen) atoms. The lowest BCUT2D eigenvalue weighted by Crippen LogP contribution is -2.06. The van der Waals surface area contributed by atoms with Crippen molar-refractivity contribution >= 4 is 5.97 Å². The summed E-state index contributed by atoms with van der Waals surface area (Å²) in [7, 11) is 0. The van der Waals surface area contributed by atoms with Gasteiger partial charge in [0.25, 0.3) is 0 Å². The van der Waals surface area contributed by atoms with Crippen LogP contribution in [0, 0.1) is 30.1 Å². The van der Waals surface area contributed by atoms with Gasteiger partial charge in [0, 0.05) is 19.3 Å². The Bertz CT molecular complexity index is 237. The fourth-order valence-corrected chi connectivity index (χ4v) is 0.877. The van der Waals surface area contributed by atoms with E-state index in [-0.39, 0.29) is 12.3 Å². The van der Waals surface area contributed by atoms with E-state index in [1.807, 2.05) is 0 Å². The van der Waals surface area contributed by atoms with Crippen LogP contribution >= 0.6 is 0 Å². The Morgan fingerprint density at radius 3 is 2.67 bits per heavy atom. The topological polar surface area (TPSA) is 37.3 Å². The minimum atomic E-state index is -0.812. The van der Waals surface area contributed by atoms with Gasteiger partial charge in [0.2, 0.25) is 0 Å². The van der Waals surface area contributed by atoms with Crippen molar-refractivity contribution in [2.75, 3.05) is 0 Å². The number of carboxylic acids is 1. The van der Waals surface area contributed by atoms with Gasteiger partial charge in [0.15, 0.2) is 0 Å². The molecule has 0 aliphatic heterocycles. The number of aliphatic carboxylic acids is 1. The molecule has 0 aromatic carbocycles. The summed E-state index contributed by atoms with van der Waals surface area (Å²) in [6, 6.07) is 0. The van der Waals surface area contributed by atoms with E-state index in [9.17, 15) is 4.79 Å². The van der Waals surface area contributed by atoms with Gasteiger partial charge in [-0.25, -0.2) is 0 Å². The lowest BCUT2D eigenvalue weighted by molar-refractivity contribution is -0.138. The molecule has 1 unspecified atom stereocenters. The summed E-state index contributed by atoms with van der Waals surface area (Å²) in [5.41, 5.74) is 0. The minimum absolute atomic E-state index is 0.0000463. The molecule has 0 rings (SSSR count). The summed E-state index contributed by atoms with van der Waals surface area (Å²) >= 11 is 0. The van der Waals surface area contributed by atoms with E-state index < -0.39 is 5.97 Å². The van der Waals surface area contributed by atoms with Crippen LogP contribution in [0.3, 0.4) is 0 Å². The third-order valence-corrected chi connectivity index (χ3v) is 1.44. The van der Waals surface area contributed by atoms with E-state index in [4.69, 9.17) is 11.5 Å². The lowest BCUT2D eigenvalue weighted by Gasteiger charge is -2.05. The van der Waals surface area contributed by atoms with Crippen LogP contribution in [-0.2, 0) is 4.79 Å². The van der Waals surface area contributed by atoms with Gasteiger partial charge in [-0.05, 0) is 12.8 Å². The molecular weight excluding hydrogens is 152 g/mol. The fourth-order valence-electron chi connectivity index (χ4n) is 0.877. The van der Waals surface area contributed by atoms with Crippen LogP contribution in [0.4, 0.5) is 0 Å². The Morgan fingerprint density at radius 1 is 1.58 bits per heavy atom. The van der Waals surface area contributed by atoms with Crippen LogP contribution in [0.5, 0.6) is 0 Å². The second kappa shape index (κ2) is 6.31. The lowest BCUT2D eigenvalue weighted by atomic mass is 9.98. The summed E-state index contributed by atoms with van der Waals surface area (Å²) < 4.78 is 0. The highest BCUT2D eigenvalue weighted by molar-refractivity contribution is 5.67. The first-order chi connectivity index (χ1) is 5.70. The third-order valence-electron chi connectivity index (χ3n) is 1.44. The van der Waals surface area contributed by atoms with E-state index in [1.165, 1.54) is 0 Å². The maximum atomic E-state index is 10.3. The summed E-state index contributed by atoms with van der Waals surface area (Å²) in [5, 5.41) is 8.49. The number of carbonyl (C=O) groups is 1. The Labute approximate surface area is 73.0 Å². The van der Waals surface area contributed by atoms with Crippen molar-refractivity contribution in [3.8, 4) is 24.2 Å². The average molecular weight is 164 g/mol. The average Bonchev–Trinajstić information content (AvgIpc) is 2.00. The molecule has 2 nitrogen and oxygen atoms in total. The summed E-state index contributed by atoms with van der Waals surface area (Å²) in [6.45, 7) is 1.73. The van der Waals surface area contributed by atoms with Gasteiger partial charge in [-0.15, -0.1) is 24.2 Å². The van der Waals surface area contributed by atoms with Crippen molar-refractivity contribution in [1.29, 1.82) is 0 Å². The van der Waals surface area contributed by atoms with Crippen LogP contribution in [0.15, 0.2) is 0 Å². The highest BCUT2D eigenvalue weighted by atomic mass is 16.4. The van der Waals surface area contributed by atoms with Gasteiger partial charge in [-0.2, -0.15) is 0 Å². The van der Waals surface area contributed by atoms with Crippen molar-refractivity contribution in [2.45, 2.75) is 26.2 Å². The van der Waals surface area contributed by atoms with Crippen molar-refractivity contribution in [2.24, 2.45) is 5.92 Å². The van der Waals surface area contributed by atoms with Gasteiger partial charge < -0.3 is 5.11 Å². The molecule has 0 bridgehead atoms. The van der Waals surface area contributed by atoms with Crippen molar-refractivity contribution in [1.82, 2.24) is 0 Å². The second-order valence-electron chi connectivity index (χ2n) is 2.50. The fraction of sp³-hybridized carbons (Fsp3) is 0.500. The molecule has 0 saturated heterocycles. The molecule has 0 amide bonds. The molecule has 1 atom stereocenters. The number of carboxylic acid groups (broad SMARTS) is 1. The zero-order valence-corrected chi connectivity index (χ0v) is 7.13. The number of terminal acetylenes is 1. The molecule has 0 aromatic rings. The minimum Gasteiger partial charge on any atom is -0.481 e. The second-order valence-corrected chi connectivity index (χ2v) is 2.50. The van der Waals surface area contributed by atoms with Crippen molar-refractivity contribution < 1.29 is 9.90 Å². The predicted molar refractivity (Wildman–Crippen MR) is 47.3 cm³/mol. The monoisotopic (exact) mass is 164 g/mol. The van der Waals surface area contributed by atoms with Crippen molar-refractivity contribution in [3.63, 3.8) is 0 Å². The molecule has 64 valence electrons. The molecular formula is C10H12O2. The first kappa shape index (κ1) is 10.6. The summed E-state index contributed by atoms with van der Waals surface area (Å²) in [6.07, 6.45) is 6.26. The van der Waals surface area contributed by atoms with Crippen LogP contribution in [0.25, 0.3) is 0 Å². The van der Waals surface area contributed by atoms with Crippen LogP contribution in [0.1, 0.15) is 26.2 Å². The zero-order valence-electron chi connectivity index (χ0n) is 7.13. The van der Waals surface area contributed by atoms with Crippen molar-refractivity contribution in [3.05, 3.63) is 0 Å². The quantitative estimate of drug-likeness (QED) is 0.639. The van der Waals surface area contributed by atoms with E-state index in [0.29, 0.717) is 12.8 Å². The number of rotatable bonds is 4. The highest BCUT2D eigenvalue weighted by Crippen LogP contribution is 2.11. The molecule has 0 heterocycles. The largest absolute Gasteiger partial charge is 0.481 e. The molecule has 0 radical (unpaired) electrons. The SMILES string of the molecule is C#CCC(CC#CC)CC(=O)O. The van der Waals surface area contributed by atoms with Gasteiger partial charge in [0.05, 0.1) is 0 Å². The van der Waals surface area contributed by atoms with Gasteiger partial charge in [-0.1, -0.05) is 0 Å². The third kappa shape index (κ3) is 5.38. The standard InChI is InChI=1S/C10H12O2/c1-3-5-7-9(6-4-2)8-10(11)12/h2,9H,6-8H2,1H3,(H,11,12). The summed E-state index contributed by atoms with van der Waals surface area (Å²) in [5.74, 6) is 7.19. The Balaban J connectivity index is 3.93. The first-order valence-corrected chi connectivity index (χ1v) is 3.75. The normalized spacial score (nSPS) is 10.7. The van der Waals surface area contributed by atoms with Gasteiger partial charge >= 0.3 is 5.97 Å². The number of hydrogen-bond acceptors (Lipinski definition) is 1. The van der Waals surface area contributed by atoms with Crippen LogP contribution in [0.2, 0.25) is 0 Å². The first-order valence-electron chi connectivity index (χ1n) is 3.75. The number of hydrogen-bond donors (Lipinski definition) is 1. The van der Waals surface area contributed by atoms with Gasteiger partial charge in [0.1, 0.15) is 0 Å². The molecule has 0 saturated carbocycles. The van der Waals surface area contributed by atoms with Gasteiger partial charge in [-0.3, -0.25) is 4.79 Å². The molecule has 0 aliphatic carbocycles. The summed E-state index contributed by atoms with van der Waals surface area (Å²) in [4.78, 5) is 10.3. The molecule has 2 heteroatoms. The molecule has 0 spiro atoms. The van der Waals surface area contributed by atoms with Crippen LogP contribution in [-0.4, -0.2) is 11.1 Å². The van der Waals surface area contributed by atoms with E-state index in [2.05, 4.69) is 17.8 Å². The molecule has 0 aromatic heterocycles. The highest BCUT2D eigenvalue weighted by Gasteiger charge is 2.10. The molecule has 1 N–H and O–H groups in total.